The summed E-state index contributed by atoms with van der Waals surface area (Å²) in [6.45, 7) is 0.766. The number of fused-ring (bicyclic) bond motifs is 1. The van der Waals surface area contributed by atoms with Crippen LogP contribution in [0.1, 0.15) is 37.7 Å². The van der Waals surface area contributed by atoms with Gasteiger partial charge in [0.05, 0.1) is 0 Å². The highest BCUT2D eigenvalue weighted by Gasteiger charge is 2.45. The maximum absolute atomic E-state index is 11.5. The van der Waals surface area contributed by atoms with Crippen LogP contribution in [0.4, 0.5) is 0 Å². The van der Waals surface area contributed by atoms with E-state index in [0.29, 0.717) is 12.0 Å². The quantitative estimate of drug-likeness (QED) is 0.908. The van der Waals surface area contributed by atoms with Crippen LogP contribution in [-0.4, -0.2) is 28.1 Å². The molecular formula is C14H18BrNO2S. The summed E-state index contributed by atoms with van der Waals surface area (Å²) in [5.74, 6) is -0.0620. The van der Waals surface area contributed by atoms with Crippen molar-refractivity contribution in [1.29, 1.82) is 0 Å². The van der Waals surface area contributed by atoms with Crippen LogP contribution in [-0.2, 0) is 11.3 Å². The van der Waals surface area contributed by atoms with Crippen molar-refractivity contribution in [2.75, 3.05) is 0 Å². The van der Waals surface area contributed by atoms with Gasteiger partial charge in [-0.3, -0.25) is 9.69 Å². The summed E-state index contributed by atoms with van der Waals surface area (Å²) in [7, 11) is 0. The van der Waals surface area contributed by atoms with Crippen molar-refractivity contribution in [2.45, 2.75) is 50.7 Å². The second kappa shape index (κ2) is 5.54. The van der Waals surface area contributed by atoms with Gasteiger partial charge in [-0.2, -0.15) is 11.3 Å². The maximum atomic E-state index is 11.5. The topological polar surface area (TPSA) is 40.5 Å². The Kier molecular flexibility index (Phi) is 3.96. The monoisotopic (exact) mass is 343 g/mol. The number of carboxylic acid groups (broad SMARTS) is 1. The SMILES string of the molecule is O=C(O)C1CC2CCCCC2N1Cc1cscc1Br. The Morgan fingerprint density at radius 1 is 1.42 bits per heavy atom. The van der Waals surface area contributed by atoms with Crippen LogP contribution in [0.5, 0.6) is 0 Å². The fourth-order valence-corrected chi connectivity index (χ4v) is 5.06. The molecule has 1 aliphatic heterocycles. The van der Waals surface area contributed by atoms with Gasteiger partial charge in [-0.15, -0.1) is 0 Å². The van der Waals surface area contributed by atoms with Gasteiger partial charge in [0.1, 0.15) is 6.04 Å². The first kappa shape index (κ1) is 13.6. The normalized spacial score (nSPS) is 31.3. The summed E-state index contributed by atoms with van der Waals surface area (Å²) >= 11 is 5.22. The summed E-state index contributed by atoms with van der Waals surface area (Å²) in [6.07, 6.45) is 5.71. The molecule has 0 bridgehead atoms. The number of hydrogen-bond donors (Lipinski definition) is 1. The van der Waals surface area contributed by atoms with Gasteiger partial charge >= 0.3 is 5.97 Å². The van der Waals surface area contributed by atoms with Gasteiger partial charge < -0.3 is 5.11 Å². The van der Waals surface area contributed by atoms with Gasteiger partial charge in [0.15, 0.2) is 0 Å². The average molecular weight is 344 g/mol. The average Bonchev–Trinajstić information content (AvgIpc) is 2.95. The van der Waals surface area contributed by atoms with E-state index in [1.54, 1.807) is 11.3 Å². The predicted molar refractivity (Wildman–Crippen MR) is 79.3 cm³/mol. The fraction of sp³-hybridized carbons (Fsp3) is 0.643. The van der Waals surface area contributed by atoms with Crippen LogP contribution < -0.4 is 0 Å². The molecule has 1 aromatic heterocycles. The number of thiophene rings is 1. The van der Waals surface area contributed by atoms with Gasteiger partial charge in [0.25, 0.3) is 0 Å². The van der Waals surface area contributed by atoms with Crippen LogP contribution in [0.3, 0.4) is 0 Å². The molecule has 2 fully saturated rings. The summed E-state index contributed by atoms with van der Waals surface area (Å²) in [5, 5.41) is 13.7. The first-order valence-electron chi connectivity index (χ1n) is 6.86. The lowest BCUT2D eigenvalue weighted by atomic mass is 9.85. The second-order valence-electron chi connectivity index (χ2n) is 5.62. The Morgan fingerprint density at radius 2 is 2.21 bits per heavy atom. The molecule has 3 rings (SSSR count). The van der Waals surface area contributed by atoms with E-state index in [1.807, 2.05) is 0 Å². The molecule has 3 unspecified atom stereocenters. The van der Waals surface area contributed by atoms with E-state index in [0.717, 1.165) is 23.9 Å². The molecule has 3 nitrogen and oxygen atoms in total. The third-order valence-electron chi connectivity index (χ3n) is 4.55. The molecule has 19 heavy (non-hydrogen) atoms. The van der Waals surface area contributed by atoms with Gasteiger partial charge in [0, 0.05) is 22.4 Å². The van der Waals surface area contributed by atoms with Crippen LogP contribution in [0, 0.1) is 5.92 Å². The number of aliphatic carboxylic acids is 1. The van der Waals surface area contributed by atoms with Crippen LogP contribution in [0.25, 0.3) is 0 Å². The third kappa shape index (κ3) is 2.60. The molecule has 0 spiro atoms. The molecule has 0 amide bonds. The predicted octanol–water partition coefficient (Wildman–Crippen LogP) is 3.73. The molecule has 104 valence electrons. The molecule has 1 aliphatic carbocycles. The van der Waals surface area contributed by atoms with Crippen LogP contribution >= 0.6 is 27.3 Å². The lowest BCUT2D eigenvalue weighted by Crippen LogP contribution is -2.41. The largest absolute Gasteiger partial charge is 0.480 e. The third-order valence-corrected chi connectivity index (χ3v) is 6.38. The van der Waals surface area contributed by atoms with Gasteiger partial charge in [-0.05, 0) is 52.1 Å². The summed E-state index contributed by atoms with van der Waals surface area (Å²) in [4.78, 5) is 13.8. The van der Waals surface area contributed by atoms with E-state index in [4.69, 9.17) is 0 Å². The Hall–Kier alpha value is -0.390. The molecule has 0 aromatic carbocycles. The molecule has 5 heteroatoms. The first-order valence-corrected chi connectivity index (χ1v) is 8.59. The highest BCUT2D eigenvalue weighted by atomic mass is 79.9. The van der Waals surface area contributed by atoms with Crippen LogP contribution in [0.15, 0.2) is 15.2 Å². The van der Waals surface area contributed by atoms with E-state index in [-0.39, 0.29) is 6.04 Å². The number of likely N-dealkylation sites (tertiary alicyclic amines) is 1. The Bertz CT molecular complexity index is 476. The molecule has 1 saturated carbocycles. The summed E-state index contributed by atoms with van der Waals surface area (Å²) in [6, 6.07) is 0.182. The molecule has 2 aliphatic rings. The second-order valence-corrected chi connectivity index (χ2v) is 7.22. The Labute approximate surface area is 125 Å². The number of hydrogen-bond acceptors (Lipinski definition) is 3. The molecule has 0 radical (unpaired) electrons. The zero-order valence-corrected chi connectivity index (χ0v) is 13.1. The number of carboxylic acids is 1. The Morgan fingerprint density at radius 3 is 2.89 bits per heavy atom. The minimum Gasteiger partial charge on any atom is -0.480 e. The molecule has 1 N–H and O–H groups in total. The Balaban J connectivity index is 1.82. The first-order chi connectivity index (χ1) is 9.16. The van der Waals surface area contributed by atoms with Crippen molar-refractivity contribution in [3.63, 3.8) is 0 Å². The number of halogens is 1. The molecule has 1 saturated heterocycles. The minimum atomic E-state index is -0.652. The van der Waals surface area contributed by atoms with Gasteiger partial charge in [-0.1, -0.05) is 12.8 Å². The zero-order chi connectivity index (χ0) is 13.4. The lowest BCUT2D eigenvalue weighted by Gasteiger charge is -2.32. The highest BCUT2D eigenvalue weighted by Crippen LogP contribution is 2.41. The molecule has 1 aromatic rings. The number of carbonyl (C=O) groups is 1. The lowest BCUT2D eigenvalue weighted by molar-refractivity contribution is -0.142. The summed E-state index contributed by atoms with van der Waals surface area (Å²) in [5.41, 5.74) is 1.22. The molecular weight excluding hydrogens is 326 g/mol. The van der Waals surface area contributed by atoms with Crippen molar-refractivity contribution in [3.8, 4) is 0 Å². The van der Waals surface area contributed by atoms with Crippen molar-refractivity contribution in [2.24, 2.45) is 5.92 Å². The number of rotatable bonds is 3. The van der Waals surface area contributed by atoms with Crippen LogP contribution in [0.2, 0.25) is 0 Å². The number of nitrogens with zero attached hydrogens (tertiary/aromatic N) is 1. The van der Waals surface area contributed by atoms with Crippen molar-refractivity contribution in [3.05, 3.63) is 20.8 Å². The fourth-order valence-electron chi connectivity index (χ4n) is 3.64. The van der Waals surface area contributed by atoms with E-state index < -0.39 is 5.97 Å². The van der Waals surface area contributed by atoms with E-state index in [2.05, 4.69) is 31.6 Å². The maximum Gasteiger partial charge on any atom is 0.320 e. The smallest absolute Gasteiger partial charge is 0.320 e. The minimum absolute atomic E-state index is 0.292. The zero-order valence-electron chi connectivity index (χ0n) is 10.7. The van der Waals surface area contributed by atoms with E-state index in [1.165, 1.54) is 24.8 Å². The standard InChI is InChI=1S/C14H18BrNO2S/c15-11-8-19-7-10(11)6-16-12-4-2-1-3-9(12)5-13(16)14(17)18/h7-9,12-13H,1-6H2,(H,17,18). The van der Waals surface area contributed by atoms with Crippen molar-refractivity contribution in [1.82, 2.24) is 4.90 Å². The van der Waals surface area contributed by atoms with E-state index >= 15 is 0 Å². The molecule has 3 atom stereocenters. The van der Waals surface area contributed by atoms with Gasteiger partial charge in [-0.25, -0.2) is 0 Å². The van der Waals surface area contributed by atoms with Crippen molar-refractivity contribution < 1.29 is 9.90 Å². The summed E-state index contributed by atoms with van der Waals surface area (Å²) < 4.78 is 1.11. The van der Waals surface area contributed by atoms with Gasteiger partial charge in [0.2, 0.25) is 0 Å². The van der Waals surface area contributed by atoms with Crippen molar-refractivity contribution >= 4 is 33.2 Å². The van der Waals surface area contributed by atoms with E-state index in [9.17, 15) is 9.90 Å². The molecule has 2 heterocycles. The highest BCUT2D eigenvalue weighted by molar-refractivity contribution is 9.10.